The van der Waals surface area contributed by atoms with E-state index >= 15 is 0 Å². The molecule has 1 aromatic carbocycles. The molecule has 2 heterocycles. The Kier molecular flexibility index (Phi) is 7.22. The third kappa shape index (κ3) is 5.66. The Labute approximate surface area is 141 Å². The molecule has 0 radical (unpaired) electrons. The van der Waals surface area contributed by atoms with Crippen molar-refractivity contribution in [3.8, 4) is 0 Å². The van der Waals surface area contributed by atoms with Crippen LogP contribution in [0.1, 0.15) is 30.9 Å². The van der Waals surface area contributed by atoms with Crippen molar-refractivity contribution in [2.24, 2.45) is 5.92 Å². The molecule has 2 unspecified atom stereocenters. The summed E-state index contributed by atoms with van der Waals surface area (Å²) in [6.45, 7) is 2.13. The smallest absolute Gasteiger partial charge is 0.321 e. The molecule has 7 heteroatoms. The lowest BCUT2D eigenvalue weighted by molar-refractivity contribution is -0.119. The van der Waals surface area contributed by atoms with Crippen LogP contribution in [0.5, 0.6) is 0 Å². The number of imide groups is 1. The number of nitrogens with one attached hydrogen (secondary N) is 3. The molecule has 0 spiro atoms. The summed E-state index contributed by atoms with van der Waals surface area (Å²) < 4.78 is 5.35. The van der Waals surface area contributed by atoms with Crippen LogP contribution in [0.25, 0.3) is 0 Å². The number of hydrogen-bond acceptors (Lipinski definition) is 4. The van der Waals surface area contributed by atoms with E-state index in [1.54, 1.807) is 0 Å². The Hall–Kier alpha value is -2.41. The van der Waals surface area contributed by atoms with E-state index in [9.17, 15) is 14.4 Å². The molecule has 3 N–H and O–H groups in total. The molecular weight excluding hydrogens is 310 g/mol. The fourth-order valence-corrected chi connectivity index (χ4v) is 2.74. The zero-order valence-electron chi connectivity index (χ0n) is 13.5. The molecule has 2 atom stereocenters. The molecule has 0 bridgehead atoms. The van der Waals surface area contributed by atoms with E-state index < -0.39 is 0 Å². The van der Waals surface area contributed by atoms with Crippen LogP contribution in [0.15, 0.2) is 30.3 Å². The predicted octanol–water partition coefficient (Wildman–Crippen LogP) is 1.12. The molecule has 3 rings (SSSR count). The molecular formula is C17H23N3O4. The van der Waals surface area contributed by atoms with E-state index in [4.69, 9.17) is 4.74 Å². The molecule has 0 saturated carbocycles. The molecule has 2 aliphatic heterocycles. The number of ether oxygens (including phenoxy) is 1. The topological polar surface area (TPSA) is 96.5 Å². The first-order valence-electron chi connectivity index (χ1n) is 8.10. The predicted molar refractivity (Wildman–Crippen MR) is 88.1 cm³/mol. The molecule has 2 fully saturated rings. The first kappa shape index (κ1) is 17.9. The van der Waals surface area contributed by atoms with Crippen molar-refractivity contribution >= 4 is 18.3 Å². The minimum Gasteiger partial charge on any atom is -0.381 e. The van der Waals surface area contributed by atoms with Crippen LogP contribution in [0.4, 0.5) is 4.79 Å². The second-order valence-electron chi connectivity index (χ2n) is 5.70. The van der Waals surface area contributed by atoms with E-state index in [0.717, 1.165) is 38.0 Å². The summed E-state index contributed by atoms with van der Waals surface area (Å²) in [6, 6.07) is 9.75. The van der Waals surface area contributed by atoms with Gasteiger partial charge in [-0.05, 0) is 18.4 Å². The first-order valence-corrected chi connectivity index (χ1v) is 8.10. The number of benzene rings is 1. The van der Waals surface area contributed by atoms with Gasteiger partial charge < -0.3 is 15.4 Å². The molecule has 130 valence electrons. The minimum atomic E-state index is -0.377. The number of carbonyl (C=O) groups excluding carboxylic acids is 3. The van der Waals surface area contributed by atoms with Gasteiger partial charge in [0.05, 0.1) is 12.6 Å². The van der Waals surface area contributed by atoms with Crippen molar-refractivity contribution in [1.82, 2.24) is 16.0 Å². The number of urea groups is 1. The van der Waals surface area contributed by atoms with Gasteiger partial charge in [0.15, 0.2) is 0 Å². The highest BCUT2D eigenvalue weighted by molar-refractivity contribution is 5.94. The Morgan fingerprint density at radius 2 is 2.04 bits per heavy atom. The van der Waals surface area contributed by atoms with Gasteiger partial charge in [0.2, 0.25) is 12.3 Å². The summed E-state index contributed by atoms with van der Waals surface area (Å²) in [4.78, 5) is 31.6. The average molecular weight is 333 g/mol. The van der Waals surface area contributed by atoms with Gasteiger partial charge in [-0.1, -0.05) is 30.3 Å². The normalized spacial score (nSPS) is 21.4. The quantitative estimate of drug-likeness (QED) is 0.719. The summed E-state index contributed by atoms with van der Waals surface area (Å²) in [5.74, 6) is 0.211. The summed E-state index contributed by atoms with van der Waals surface area (Å²) in [7, 11) is 0. The highest BCUT2D eigenvalue weighted by Crippen LogP contribution is 2.28. The van der Waals surface area contributed by atoms with Gasteiger partial charge in [0, 0.05) is 25.5 Å². The molecule has 2 aliphatic rings. The highest BCUT2D eigenvalue weighted by Gasteiger charge is 2.26. The first-order chi connectivity index (χ1) is 11.7. The summed E-state index contributed by atoms with van der Waals surface area (Å²) in [5, 5.41) is 7.54. The Bertz CT molecular complexity index is 528. The van der Waals surface area contributed by atoms with Gasteiger partial charge in [-0.2, -0.15) is 0 Å². The third-order valence-electron chi connectivity index (χ3n) is 3.96. The monoisotopic (exact) mass is 333 g/mol. The zero-order chi connectivity index (χ0) is 17.2. The number of carbonyl (C=O) groups is 3. The van der Waals surface area contributed by atoms with Crippen molar-refractivity contribution < 1.29 is 19.1 Å². The fourth-order valence-electron chi connectivity index (χ4n) is 2.74. The van der Waals surface area contributed by atoms with Gasteiger partial charge in [0.1, 0.15) is 0 Å². The van der Waals surface area contributed by atoms with Gasteiger partial charge in [-0.15, -0.1) is 0 Å². The molecule has 0 aliphatic carbocycles. The van der Waals surface area contributed by atoms with Crippen molar-refractivity contribution in [3.63, 3.8) is 0 Å². The summed E-state index contributed by atoms with van der Waals surface area (Å²) in [6.07, 6.45) is 2.96. The number of rotatable bonds is 4. The van der Waals surface area contributed by atoms with E-state index in [1.165, 1.54) is 0 Å². The van der Waals surface area contributed by atoms with Crippen LogP contribution in [0.3, 0.4) is 0 Å². The van der Waals surface area contributed by atoms with E-state index in [2.05, 4.69) is 16.0 Å². The van der Waals surface area contributed by atoms with Crippen molar-refractivity contribution in [2.45, 2.75) is 25.3 Å². The van der Waals surface area contributed by atoms with Crippen LogP contribution < -0.4 is 16.0 Å². The van der Waals surface area contributed by atoms with Crippen LogP contribution in [-0.2, 0) is 14.3 Å². The van der Waals surface area contributed by atoms with Gasteiger partial charge in [-0.3, -0.25) is 14.9 Å². The van der Waals surface area contributed by atoms with E-state index in [1.807, 2.05) is 30.3 Å². The van der Waals surface area contributed by atoms with Crippen molar-refractivity contribution in [1.29, 1.82) is 0 Å². The number of hydrogen-bond donors (Lipinski definition) is 3. The molecule has 4 amide bonds. The van der Waals surface area contributed by atoms with Crippen LogP contribution in [0.2, 0.25) is 0 Å². The average Bonchev–Trinajstić information content (AvgIpc) is 3.05. The summed E-state index contributed by atoms with van der Waals surface area (Å²) in [5.41, 5.74) is 1.15. The molecule has 7 nitrogen and oxygen atoms in total. The highest BCUT2D eigenvalue weighted by atomic mass is 16.5. The van der Waals surface area contributed by atoms with E-state index in [0.29, 0.717) is 18.9 Å². The van der Waals surface area contributed by atoms with Crippen molar-refractivity contribution in [2.75, 3.05) is 19.8 Å². The second-order valence-corrected chi connectivity index (χ2v) is 5.70. The maximum absolute atomic E-state index is 10.6. The molecule has 24 heavy (non-hydrogen) atoms. The second kappa shape index (κ2) is 9.67. The molecule has 1 aromatic rings. The lowest BCUT2D eigenvalue weighted by Gasteiger charge is -2.21. The summed E-state index contributed by atoms with van der Waals surface area (Å²) >= 11 is 0. The van der Waals surface area contributed by atoms with Crippen LogP contribution >= 0.6 is 0 Å². The Balaban J connectivity index is 0.000000198. The number of amides is 4. The SMILES string of the molecule is O=C1CCCNC(=O)N1.O=CNC(c1ccccc1)C1CCOC1. The third-order valence-corrected chi connectivity index (χ3v) is 3.96. The molecule has 2 saturated heterocycles. The lowest BCUT2D eigenvalue weighted by atomic mass is 9.92. The minimum absolute atomic E-state index is 0.0891. The molecule has 0 aromatic heterocycles. The Morgan fingerprint density at radius 3 is 2.71 bits per heavy atom. The van der Waals surface area contributed by atoms with Gasteiger partial charge in [0.25, 0.3) is 0 Å². The maximum Gasteiger partial charge on any atom is 0.321 e. The lowest BCUT2D eigenvalue weighted by Crippen LogP contribution is -2.35. The Morgan fingerprint density at radius 1 is 1.25 bits per heavy atom. The largest absolute Gasteiger partial charge is 0.381 e. The van der Waals surface area contributed by atoms with Gasteiger partial charge in [-0.25, -0.2) is 4.79 Å². The van der Waals surface area contributed by atoms with Crippen LogP contribution in [0, 0.1) is 5.92 Å². The maximum atomic E-state index is 10.6. The zero-order valence-corrected chi connectivity index (χ0v) is 13.5. The van der Waals surface area contributed by atoms with Crippen LogP contribution in [-0.4, -0.2) is 38.1 Å². The van der Waals surface area contributed by atoms with E-state index in [-0.39, 0.29) is 18.0 Å². The standard InChI is InChI=1S/C12H15NO2.C5H8N2O2/c14-9-13-12(11-6-7-15-8-11)10-4-2-1-3-5-10;8-4-2-1-3-6-5(9)7-4/h1-5,9,11-12H,6-8H2,(H,13,14);1-3H2,(H2,6,7,8,9). The van der Waals surface area contributed by atoms with Gasteiger partial charge >= 0.3 is 6.03 Å². The fraction of sp³-hybridized carbons (Fsp3) is 0.471. The van der Waals surface area contributed by atoms with Crippen molar-refractivity contribution in [3.05, 3.63) is 35.9 Å².